The average molecular weight is 219 g/mol. The summed E-state index contributed by atoms with van der Waals surface area (Å²) in [5.41, 5.74) is 2.34. The molecule has 2 aromatic heterocycles. The van der Waals surface area contributed by atoms with Crippen molar-refractivity contribution < 1.29 is 0 Å². The van der Waals surface area contributed by atoms with E-state index in [1.165, 1.54) is 5.69 Å². The Morgan fingerprint density at radius 3 is 2.75 bits per heavy atom. The summed E-state index contributed by atoms with van der Waals surface area (Å²) in [5, 5.41) is 14.4. The van der Waals surface area contributed by atoms with Crippen LogP contribution in [0.3, 0.4) is 0 Å². The zero-order valence-corrected chi connectivity index (χ0v) is 9.81. The maximum Gasteiger partial charge on any atom is 0.0547 e. The minimum Gasteiger partial charge on any atom is -0.302 e. The smallest absolute Gasteiger partial charge is 0.0547 e. The number of H-pyrrole nitrogens is 1. The Kier molecular flexibility index (Phi) is 3.05. The van der Waals surface area contributed by atoms with Crippen LogP contribution in [-0.2, 0) is 7.05 Å². The number of nitrogens with zero attached hydrogens (tertiary/aromatic N) is 3. The van der Waals surface area contributed by atoms with Crippen LogP contribution in [0.15, 0.2) is 24.7 Å². The molecule has 0 amide bonds. The van der Waals surface area contributed by atoms with Crippen LogP contribution in [0.4, 0.5) is 0 Å². The fraction of sp³-hybridized carbons (Fsp3) is 0.455. The van der Waals surface area contributed by atoms with Crippen LogP contribution < -0.4 is 5.32 Å². The molecule has 0 aliphatic rings. The number of rotatable bonds is 4. The molecule has 0 saturated carbocycles. The predicted molar refractivity (Wildman–Crippen MR) is 61.8 cm³/mol. The highest BCUT2D eigenvalue weighted by molar-refractivity contribution is 5.11. The molecule has 2 atom stereocenters. The van der Waals surface area contributed by atoms with E-state index >= 15 is 0 Å². The van der Waals surface area contributed by atoms with Crippen LogP contribution in [0.2, 0.25) is 0 Å². The number of aryl methyl sites for hydroxylation is 1. The van der Waals surface area contributed by atoms with Crippen LogP contribution in [0, 0.1) is 0 Å². The van der Waals surface area contributed by atoms with E-state index in [2.05, 4.69) is 34.5 Å². The summed E-state index contributed by atoms with van der Waals surface area (Å²) in [4.78, 5) is 0. The Balaban J connectivity index is 2.03. The van der Waals surface area contributed by atoms with Gasteiger partial charge < -0.3 is 5.32 Å². The molecule has 0 radical (unpaired) electrons. The molecule has 0 spiro atoms. The van der Waals surface area contributed by atoms with Gasteiger partial charge in [0.05, 0.1) is 11.9 Å². The standard InChI is InChI=1S/C11H17N5/c1-8(10-6-12-13-7-10)15-9(2)11-4-5-14-16(11)3/h4-9,15H,1-3H3,(H,12,13). The molecule has 0 fully saturated rings. The maximum absolute atomic E-state index is 4.17. The summed E-state index contributed by atoms with van der Waals surface area (Å²) >= 11 is 0. The molecule has 5 nitrogen and oxygen atoms in total. The third-order valence-corrected chi connectivity index (χ3v) is 2.82. The van der Waals surface area contributed by atoms with Gasteiger partial charge >= 0.3 is 0 Å². The van der Waals surface area contributed by atoms with Crippen molar-refractivity contribution in [2.24, 2.45) is 7.05 Å². The van der Waals surface area contributed by atoms with Gasteiger partial charge in [0.2, 0.25) is 0 Å². The van der Waals surface area contributed by atoms with E-state index in [1.54, 1.807) is 0 Å². The second-order valence-electron chi connectivity index (χ2n) is 4.02. The quantitative estimate of drug-likeness (QED) is 0.820. The monoisotopic (exact) mass is 219 g/mol. The topological polar surface area (TPSA) is 58.5 Å². The lowest BCUT2D eigenvalue weighted by Gasteiger charge is -2.19. The summed E-state index contributed by atoms with van der Waals surface area (Å²) in [6.07, 6.45) is 5.57. The van der Waals surface area contributed by atoms with Crippen molar-refractivity contribution in [1.82, 2.24) is 25.3 Å². The van der Waals surface area contributed by atoms with Crippen LogP contribution in [-0.4, -0.2) is 20.0 Å². The van der Waals surface area contributed by atoms with Crippen molar-refractivity contribution in [3.05, 3.63) is 35.9 Å². The van der Waals surface area contributed by atoms with Crippen molar-refractivity contribution in [2.45, 2.75) is 25.9 Å². The third-order valence-electron chi connectivity index (χ3n) is 2.82. The number of hydrogen-bond donors (Lipinski definition) is 2. The Morgan fingerprint density at radius 2 is 2.19 bits per heavy atom. The van der Waals surface area contributed by atoms with E-state index < -0.39 is 0 Å². The lowest BCUT2D eigenvalue weighted by molar-refractivity contribution is 0.469. The zero-order valence-electron chi connectivity index (χ0n) is 9.81. The van der Waals surface area contributed by atoms with E-state index in [9.17, 15) is 0 Å². The summed E-state index contributed by atoms with van der Waals surface area (Å²) in [7, 11) is 1.95. The fourth-order valence-corrected chi connectivity index (χ4v) is 1.86. The van der Waals surface area contributed by atoms with E-state index in [-0.39, 0.29) is 12.1 Å². The van der Waals surface area contributed by atoms with Gasteiger partial charge in [-0.3, -0.25) is 9.78 Å². The molecule has 2 aromatic rings. The molecule has 0 bridgehead atoms. The molecule has 2 unspecified atom stereocenters. The van der Waals surface area contributed by atoms with Gasteiger partial charge in [-0.1, -0.05) is 0 Å². The first-order chi connectivity index (χ1) is 7.68. The summed E-state index contributed by atoms with van der Waals surface area (Å²) in [5.74, 6) is 0. The minimum absolute atomic E-state index is 0.261. The SMILES string of the molecule is CC(NC(C)c1ccnn1C)c1cn[nH]c1. The van der Waals surface area contributed by atoms with E-state index in [0.717, 1.165) is 5.56 Å². The molecule has 0 saturated heterocycles. The van der Waals surface area contributed by atoms with E-state index in [4.69, 9.17) is 0 Å². The molecular weight excluding hydrogens is 202 g/mol. The van der Waals surface area contributed by atoms with Crippen molar-refractivity contribution in [3.8, 4) is 0 Å². The predicted octanol–water partition coefficient (Wildman–Crippen LogP) is 1.55. The normalized spacial score (nSPS) is 14.9. The number of aromatic nitrogens is 4. The van der Waals surface area contributed by atoms with Gasteiger partial charge in [0, 0.05) is 37.1 Å². The number of hydrogen-bond acceptors (Lipinski definition) is 3. The molecule has 0 aromatic carbocycles. The molecule has 86 valence electrons. The van der Waals surface area contributed by atoms with Gasteiger partial charge in [0.1, 0.15) is 0 Å². The average Bonchev–Trinajstić information content (AvgIpc) is 2.86. The molecule has 0 aliphatic carbocycles. The lowest BCUT2D eigenvalue weighted by Crippen LogP contribution is -2.24. The van der Waals surface area contributed by atoms with Crippen molar-refractivity contribution in [3.63, 3.8) is 0 Å². The highest BCUT2D eigenvalue weighted by Crippen LogP contribution is 2.17. The summed E-state index contributed by atoms with van der Waals surface area (Å²) in [6.45, 7) is 4.26. The largest absolute Gasteiger partial charge is 0.302 e. The highest BCUT2D eigenvalue weighted by Gasteiger charge is 2.13. The fourth-order valence-electron chi connectivity index (χ4n) is 1.86. The van der Waals surface area contributed by atoms with Crippen LogP contribution in [0.25, 0.3) is 0 Å². The van der Waals surface area contributed by atoms with Crippen molar-refractivity contribution in [1.29, 1.82) is 0 Å². The van der Waals surface area contributed by atoms with Gasteiger partial charge in [-0.15, -0.1) is 0 Å². The number of aromatic amines is 1. The lowest BCUT2D eigenvalue weighted by atomic mass is 10.1. The highest BCUT2D eigenvalue weighted by atomic mass is 15.3. The van der Waals surface area contributed by atoms with Crippen molar-refractivity contribution >= 4 is 0 Å². The zero-order chi connectivity index (χ0) is 11.5. The van der Waals surface area contributed by atoms with Crippen LogP contribution >= 0.6 is 0 Å². The maximum atomic E-state index is 4.17. The van der Waals surface area contributed by atoms with Gasteiger partial charge in [-0.25, -0.2) is 0 Å². The Morgan fingerprint density at radius 1 is 1.38 bits per heavy atom. The Hall–Kier alpha value is -1.62. The molecule has 16 heavy (non-hydrogen) atoms. The first-order valence-corrected chi connectivity index (χ1v) is 5.41. The second-order valence-corrected chi connectivity index (χ2v) is 4.02. The Bertz CT molecular complexity index is 431. The first-order valence-electron chi connectivity index (χ1n) is 5.41. The van der Waals surface area contributed by atoms with Crippen LogP contribution in [0.1, 0.15) is 37.2 Å². The third kappa shape index (κ3) is 2.14. The van der Waals surface area contributed by atoms with E-state index in [1.807, 2.05) is 36.4 Å². The Labute approximate surface area is 94.9 Å². The number of nitrogens with one attached hydrogen (secondary N) is 2. The van der Waals surface area contributed by atoms with Crippen molar-refractivity contribution in [2.75, 3.05) is 0 Å². The van der Waals surface area contributed by atoms with Gasteiger partial charge in [0.25, 0.3) is 0 Å². The second kappa shape index (κ2) is 4.49. The molecule has 5 heteroatoms. The molecular formula is C11H17N5. The summed E-state index contributed by atoms with van der Waals surface area (Å²) in [6, 6.07) is 2.56. The first kappa shape index (κ1) is 10.9. The van der Waals surface area contributed by atoms with E-state index in [0.29, 0.717) is 0 Å². The molecule has 2 N–H and O–H groups in total. The molecule has 0 aliphatic heterocycles. The summed E-state index contributed by atoms with van der Waals surface area (Å²) < 4.78 is 1.89. The van der Waals surface area contributed by atoms with Gasteiger partial charge in [0.15, 0.2) is 0 Å². The molecule has 2 heterocycles. The van der Waals surface area contributed by atoms with Crippen LogP contribution in [0.5, 0.6) is 0 Å². The minimum atomic E-state index is 0.261. The molecule has 2 rings (SSSR count). The van der Waals surface area contributed by atoms with Gasteiger partial charge in [-0.2, -0.15) is 10.2 Å². The van der Waals surface area contributed by atoms with Gasteiger partial charge in [-0.05, 0) is 19.9 Å².